The molecule has 0 saturated heterocycles. The van der Waals surface area contributed by atoms with Crippen molar-refractivity contribution in [3.05, 3.63) is 0 Å². The number of rotatable bonds is 19. The Labute approximate surface area is 162 Å². The summed E-state index contributed by atoms with van der Waals surface area (Å²) in [6.45, 7) is 4.25. The normalized spacial score (nSPS) is 14.5. The average molecular weight is 393 g/mol. The molecule has 2 unspecified atom stereocenters. The maximum absolute atomic E-state index is 11.4. The van der Waals surface area contributed by atoms with Crippen molar-refractivity contribution in [2.24, 2.45) is 0 Å². The summed E-state index contributed by atoms with van der Waals surface area (Å²) in [4.78, 5) is 0. The molecule has 0 rings (SSSR count). The molecule has 5 heteroatoms. The van der Waals surface area contributed by atoms with Gasteiger partial charge in [0.25, 0.3) is 10.1 Å². The molecule has 0 aliphatic heterocycles. The van der Waals surface area contributed by atoms with Gasteiger partial charge in [-0.2, -0.15) is 8.42 Å². The van der Waals surface area contributed by atoms with Crippen LogP contribution in [0.3, 0.4) is 0 Å². The van der Waals surface area contributed by atoms with E-state index < -0.39 is 15.4 Å². The highest BCUT2D eigenvalue weighted by molar-refractivity contribution is 7.86. The first-order chi connectivity index (χ1) is 12.4. The van der Waals surface area contributed by atoms with Crippen LogP contribution in [0.5, 0.6) is 0 Å². The molecule has 0 radical (unpaired) electrons. The molecule has 0 aromatic rings. The first-order valence-electron chi connectivity index (χ1n) is 11.1. The van der Waals surface area contributed by atoms with Crippen LogP contribution in [-0.2, 0) is 10.1 Å². The molecule has 2 atom stereocenters. The summed E-state index contributed by atoms with van der Waals surface area (Å²) in [6, 6.07) is 0. The monoisotopic (exact) mass is 392 g/mol. The van der Waals surface area contributed by atoms with Gasteiger partial charge in [0, 0.05) is 0 Å². The Morgan fingerprint density at radius 1 is 0.615 bits per heavy atom. The minimum atomic E-state index is -3.95. The van der Waals surface area contributed by atoms with Crippen molar-refractivity contribution < 1.29 is 18.1 Å². The number of hydrogen-bond acceptors (Lipinski definition) is 3. The molecule has 2 N–H and O–H groups in total. The molecule has 0 aliphatic carbocycles. The maximum Gasteiger partial charge on any atom is 0.267 e. The molecule has 0 fully saturated rings. The van der Waals surface area contributed by atoms with Crippen molar-refractivity contribution in [3.63, 3.8) is 0 Å². The highest BCUT2D eigenvalue weighted by atomic mass is 32.2. The summed E-state index contributed by atoms with van der Waals surface area (Å²) >= 11 is 0. The Morgan fingerprint density at radius 2 is 1.04 bits per heavy atom. The highest BCUT2D eigenvalue weighted by Gasteiger charge is 2.22. The van der Waals surface area contributed by atoms with Crippen molar-refractivity contribution >= 4 is 10.1 Å². The fourth-order valence-electron chi connectivity index (χ4n) is 3.47. The highest BCUT2D eigenvalue weighted by Crippen LogP contribution is 2.18. The predicted octanol–water partition coefficient (Wildman–Crippen LogP) is 6.28. The zero-order chi connectivity index (χ0) is 19.7. The van der Waals surface area contributed by atoms with Gasteiger partial charge in [0.1, 0.15) is 0 Å². The van der Waals surface area contributed by atoms with Crippen LogP contribution in [0, 0.1) is 0 Å². The van der Waals surface area contributed by atoms with Gasteiger partial charge in [0.2, 0.25) is 0 Å². The second-order valence-electron chi connectivity index (χ2n) is 7.83. The summed E-state index contributed by atoms with van der Waals surface area (Å²) in [5.74, 6) is 0. The summed E-state index contributed by atoms with van der Waals surface area (Å²) in [7, 11) is -3.95. The van der Waals surface area contributed by atoms with Crippen molar-refractivity contribution in [3.8, 4) is 0 Å². The van der Waals surface area contributed by atoms with Gasteiger partial charge in [-0.05, 0) is 32.1 Å². The van der Waals surface area contributed by atoms with Crippen molar-refractivity contribution in [2.45, 2.75) is 134 Å². The third-order valence-electron chi connectivity index (χ3n) is 5.26. The Kier molecular flexibility index (Phi) is 16.9. The molecule has 26 heavy (non-hydrogen) atoms. The Balaban J connectivity index is 3.60. The lowest BCUT2D eigenvalue weighted by atomic mass is 10.0. The van der Waals surface area contributed by atoms with E-state index in [0.29, 0.717) is 25.7 Å². The zero-order valence-electron chi connectivity index (χ0n) is 17.3. The van der Waals surface area contributed by atoms with E-state index in [9.17, 15) is 18.1 Å². The molecule has 0 aromatic carbocycles. The van der Waals surface area contributed by atoms with Crippen LogP contribution in [0.15, 0.2) is 0 Å². The second kappa shape index (κ2) is 17.0. The Bertz CT molecular complexity index is 395. The van der Waals surface area contributed by atoms with Gasteiger partial charge in [0.15, 0.2) is 0 Å². The van der Waals surface area contributed by atoms with E-state index in [1.807, 2.05) is 6.92 Å². The van der Waals surface area contributed by atoms with Crippen LogP contribution >= 0.6 is 0 Å². The van der Waals surface area contributed by atoms with Crippen molar-refractivity contribution in [1.29, 1.82) is 0 Å². The first kappa shape index (κ1) is 25.9. The fourth-order valence-corrected chi connectivity index (χ4v) is 4.40. The van der Waals surface area contributed by atoms with Crippen LogP contribution in [0.4, 0.5) is 0 Å². The number of hydrogen-bond donors (Lipinski definition) is 2. The molecule has 0 aromatic heterocycles. The first-order valence-corrected chi connectivity index (χ1v) is 12.6. The number of aliphatic hydroxyl groups excluding tert-OH is 1. The van der Waals surface area contributed by atoms with Gasteiger partial charge >= 0.3 is 0 Å². The second-order valence-corrected chi connectivity index (χ2v) is 9.53. The molecule has 158 valence electrons. The van der Waals surface area contributed by atoms with E-state index in [1.54, 1.807) is 0 Å². The minimum absolute atomic E-state index is 0.336. The lowest BCUT2D eigenvalue weighted by Crippen LogP contribution is -2.21. The summed E-state index contributed by atoms with van der Waals surface area (Å²) in [6.07, 6.45) is 17.4. The largest absolute Gasteiger partial charge is 0.393 e. The van der Waals surface area contributed by atoms with Gasteiger partial charge in [-0.15, -0.1) is 0 Å². The minimum Gasteiger partial charge on any atom is -0.393 e. The smallest absolute Gasteiger partial charge is 0.267 e. The van der Waals surface area contributed by atoms with E-state index in [1.165, 1.54) is 57.8 Å². The van der Waals surface area contributed by atoms with Crippen LogP contribution in [0.25, 0.3) is 0 Å². The van der Waals surface area contributed by atoms with Crippen molar-refractivity contribution in [1.82, 2.24) is 0 Å². The predicted molar refractivity (Wildman–Crippen MR) is 111 cm³/mol. The molecule has 0 spiro atoms. The summed E-state index contributed by atoms with van der Waals surface area (Å²) in [5, 5.41) is 9.39. The van der Waals surface area contributed by atoms with E-state index in [4.69, 9.17) is 0 Å². The van der Waals surface area contributed by atoms with Crippen molar-refractivity contribution in [2.75, 3.05) is 0 Å². The Hall–Kier alpha value is -0.130. The van der Waals surface area contributed by atoms with Crippen LogP contribution in [0.2, 0.25) is 0 Å². The summed E-state index contributed by atoms with van der Waals surface area (Å²) in [5.41, 5.74) is 0. The number of aliphatic hydroxyl groups is 1. The van der Waals surface area contributed by atoms with Gasteiger partial charge in [-0.25, -0.2) is 0 Å². The molecule has 4 nitrogen and oxygen atoms in total. The molecule has 0 saturated carbocycles. The van der Waals surface area contributed by atoms with E-state index in [2.05, 4.69) is 6.92 Å². The van der Waals surface area contributed by atoms with Crippen LogP contribution < -0.4 is 0 Å². The molecular weight excluding hydrogens is 348 g/mol. The lowest BCUT2D eigenvalue weighted by molar-refractivity contribution is 0.147. The van der Waals surface area contributed by atoms with Gasteiger partial charge in [0.05, 0.1) is 11.4 Å². The third-order valence-corrected chi connectivity index (χ3v) is 6.57. The fraction of sp³-hybridized carbons (Fsp3) is 1.00. The van der Waals surface area contributed by atoms with E-state index in [0.717, 1.165) is 25.7 Å². The maximum atomic E-state index is 11.4. The quantitative estimate of drug-likeness (QED) is 0.200. The summed E-state index contributed by atoms with van der Waals surface area (Å²) < 4.78 is 32.0. The molecule has 0 amide bonds. The van der Waals surface area contributed by atoms with Crippen LogP contribution in [-0.4, -0.2) is 29.4 Å². The standard InChI is InChI=1S/C21H44O4S/c1-3-5-7-8-9-10-11-12-13-14-16-20(22)17-15-19-21(18-6-4-2)26(23,24)25/h20-22H,3-19H2,1-2H3,(H,23,24,25). The van der Waals surface area contributed by atoms with Gasteiger partial charge < -0.3 is 5.11 Å². The lowest BCUT2D eigenvalue weighted by Gasteiger charge is -2.15. The molecule has 0 heterocycles. The Morgan fingerprint density at radius 3 is 1.54 bits per heavy atom. The number of unbranched alkanes of at least 4 members (excludes halogenated alkanes) is 10. The van der Waals surface area contributed by atoms with E-state index in [-0.39, 0.29) is 6.10 Å². The average Bonchev–Trinajstić information content (AvgIpc) is 2.58. The van der Waals surface area contributed by atoms with Gasteiger partial charge in [-0.1, -0.05) is 90.9 Å². The zero-order valence-corrected chi connectivity index (χ0v) is 18.1. The third kappa shape index (κ3) is 16.1. The van der Waals surface area contributed by atoms with E-state index >= 15 is 0 Å². The SMILES string of the molecule is CCCCCCCCCCCCC(O)CCCC(CCCC)S(=O)(=O)O. The molecular formula is C21H44O4S. The van der Waals surface area contributed by atoms with Crippen LogP contribution in [0.1, 0.15) is 123 Å². The topological polar surface area (TPSA) is 74.6 Å². The molecule has 0 bridgehead atoms. The van der Waals surface area contributed by atoms with Gasteiger partial charge in [-0.3, -0.25) is 4.55 Å². The molecule has 0 aliphatic rings.